The van der Waals surface area contributed by atoms with E-state index in [0.29, 0.717) is 19.8 Å². The van der Waals surface area contributed by atoms with E-state index in [4.69, 9.17) is 18.4 Å². The first-order valence-corrected chi connectivity index (χ1v) is 5.56. The highest BCUT2D eigenvalue weighted by molar-refractivity contribution is 6.36. The molecule has 0 aromatic carbocycles. The normalized spacial score (nSPS) is 9.50. The highest BCUT2D eigenvalue weighted by Gasteiger charge is 2.11. The van der Waals surface area contributed by atoms with Gasteiger partial charge in [-0.15, -0.1) is 0 Å². The summed E-state index contributed by atoms with van der Waals surface area (Å²) >= 11 is 0. The molecule has 0 aliphatic heterocycles. The molecule has 0 atom stereocenters. The lowest BCUT2D eigenvalue weighted by atomic mass is 10.9. The summed E-state index contributed by atoms with van der Waals surface area (Å²) in [5.41, 5.74) is 0. The molecule has 0 aliphatic carbocycles. The summed E-state index contributed by atoms with van der Waals surface area (Å²) in [7, 11) is -0.734. The molecular formula is C7H20O4Si. The molecule has 0 aliphatic rings. The van der Waals surface area contributed by atoms with Crippen LogP contribution in [0, 0.1) is 0 Å². The first kappa shape index (κ1) is 14.6. The largest absolute Gasteiger partial charge is 0.484 e. The highest BCUT2D eigenvalue weighted by Crippen LogP contribution is 1.90. The maximum absolute atomic E-state index is 7.00. The van der Waals surface area contributed by atoms with Crippen LogP contribution in [0.15, 0.2) is 0 Å². The van der Waals surface area contributed by atoms with Crippen LogP contribution in [-0.2, 0) is 13.3 Å². The van der Waals surface area contributed by atoms with E-state index in [1.165, 1.54) is 0 Å². The monoisotopic (exact) mass is 196 g/mol. The zero-order valence-corrected chi connectivity index (χ0v) is 9.53. The fraction of sp³-hybridized carbons (Fsp3) is 1.00. The summed E-state index contributed by atoms with van der Waals surface area (Å²) in [4.78, 5) is 0. The summed E-state index contributed by atoms with van der Waals surface area (Å²) in [5.74, 6) is 0. The van der Waals surface area contributed by atoms with Crippen LogP contribution < -0.4 is 0 Å². The van der Waals surface area contributed by atoms with Gasteiger partial charge < -0.3 is 18.4 Å². The number of hydrogen-bond acceptors (Lipinski definition) is 4. The standard InChI is InChI=1S/C6H16O3Si.CH4O/c1-4-7-10(8-5-2)9-6-3;1-2/h10H,4-6H2,1-3H3;2H,1H3. The van der Waals surface area contributed by atoms with Gasteiger partial charge in [0.2, 0.25) is 0 Å². The lowest BCUT2D eigenvalue weighted by Gasteiger charge is -2.12. The van der Waals surface area contributed by atoms with Gasteiger partial charge in [0.05, 0.1) is 0 Å². The van der Waals surface area contributed by atoms with Crippen LogP contribution in [0.25, 0.3) is 0 Å². The number of aliphatic hydroxyl groups is 1. The van der Waals surface area contributed by atoms with Crippen molar-refractivity contribution in [1.29, 1.82) is 0 Å². The Bertz CT molecular complexity index is 58.2. The molecule has 0 spiro atoms. The second kappa shape index (κ2) is 13.6. The third-order valence-corrected chi connectivity index (χ3v) is 2.72. The summed E-state index contributed by atoms with van der Waals surface area (Å²) in [6.45, 7) is 7.86. The predicted octanol–water partition coefficient (Wildman–Crippen LogP) is 0.422. The molecule has 0 aromatic rings. The second-order valence-corrected chi connectivity index (χ2v) is 3.23. The summed E-state index contributed by atoms with van der Waals surface area (Å²) in [6, 6.07) is 0. The van der Waals surface area contributed by atoms with Gasteiger partial charge in [0.15, 0.2) is 0 Å². The molecule has 0 aromatic heterocycles. The van der Waals surface area contributed by atoms with Gasteiger partial charge in [-0.1, -0.05) is 0 Å². The van der Waals surface area contributed by atoms with Crippen molar-refractivity contribution in [3.05, 3.63) is 0 Å². The van der Waals surface area contributed by atoms with E-state index >= 15 is 0 Å². The Kier molecular flexibility index (Phi) is 16.6. The van der Waals surface area contributed by atoms with Gasteiger partial charge in [-0.3, -0.25) is 0 Å². The van der Waals surface area contributed by atoms with Crippen molar-refractivity contribution in [2.75, 3.05) is 26.9 Å². The van der Waals surface area contributed by atoms with Crippen LogP contribution in [0.4, 0.5) is 0 Å². The molecule has 1 N–H and O–H groups in total. The summed E-state index contributed by atoms with van der Waals surface area (Å²) in [5, 5.41) is 7.00. The third-order valence-electron chi connectivity index (χ3n) is 0.908. The fourth-order valence-electron chi connectivity index (χ4n) is 0.553. The molecular weight excluding hydrogens is 176 g/mol. The molecule has 0 bridgehead atoms. The smallest absolute Gasteiger partial charge is 0.400 e. The topological polar surface area (TPSA) is 47.9 Å². The first-order valence-electron chi connectivity index (χ1n) is 4.14. The molecule has 76 valence electrons. The van der Waals surface area contributed by atoms with Crippen molar-refractivity contribution in [2.24, 2.45) is 0 Å². The molecule has 0 unspecified atom stereocenters. The Labute approximate surface area is 76.4 Å². The van der Waals surface area contributed by atoms with Gasteiger partial charge in [-0.2, -0.15) is 0 Å². The van der Waals surface area contributed by atoms with Crippen molar-refractivity contribution < 1.29 is 18.4 Å². The van der Waals surface area contributed by atoms with E-state index in [2.05, 4.69) is 0 Å². The Balaban J connectivity index is 0. The lowest BCUT2D eigenvalue weighted by Crippen LogP contribution is -2.27. The van der Waals surface area contributed by atoms with E-state index in [1.807, 2.05) is 20.8 Å². The van der Waals surface area contributed by atoms with Gasteiger partial charge >= 0.3 is 9.53 Å². The van der Waals surface area contributed by atoms with Crippen LogP contribution >= 0.6 is 0 Å². The minimum atomic E-state index is -1.73. The van der Waals surface area contributed by atoms with Crippen LogP contribution in [0.2, 0.25) is 0 Å². The van der Waals surface area contributed by atoms with Crippen LogP contribution in [-0.4, -0.2) is 41.6 Å². The van der Waals surface area contributed by atoms with Crippen LogP contribution in [0.1, 0.15) is 20.8 Å². The van der Waals surface area contributed by atoms with E-state index in [9.17, 15) is 0 Å². The van der Waals surface area contributed by atoms with Crippen molar-refractivity contribution in [3.63, 3.8) is 0 Å². The Hall–Kier alpha value is 0.0569. The first-order chi connectivity index (χ1) is 5.85. The van der Waals surface area contributed by atoms with Gasteiger partial charge in [0.25, 0.3) is 0 Å². The van der Waals surface area contributed by atoms with E-state index in [-0.39, 0.29) is 0 Å². The second-order valence-electron chi connectivity index (χ2n) is 1.65. The molecule has 0 heterocycles. The van der Waals surface area contributed by atoms with Crippen molar-refractivity contribution >= 4 is 9.53 Å². The summed E-state index contributed by atoms with van der Waals surface area (Å²) in [6.07, 6.45) is 0. The minimum Gasteiger partial charge on any atom is -0.400 e. The highest BCUT2D eigenvalue weighted by atomic mass is 28.3. The molecule has 0 rings (SSSR count). The van der Waals surface area contributed by atoms with Gasteiger partial charge in [0, 0.05) is 26.9 Å². The quantitative estimate of drug-likeness (QED) is 0.626. The molecule has 4 nitrogen and oxygen atoms in total. The predicted molar refractivity (Wildman–Crippen MR) is 50.2 cm³/mol. The third kappa shape index (κ3) is 10.1. The van der Waals surface area contributed by atoms with Crippen LogP contribution in [0.5, 0.6) is 0 Å². The Morgan fingerprint density at radius 3 is 1.25 bits per heavy atom. The molecule has 0 saturated heterocycles. The van der Waals surface area contributed by atoms with E-state index in [1.54, 1.807) is 0 Å². The maximum atomic E-state index is 7.00. The minimum absolute atomic E-state index is 0.677. The van der Waals surface area contributed by atoms with Crippen molar-refractivity contribution in [2.45, 2.75) is 20.8 Å². The molecule has 0 fully saturated rings. The molecule has 0 amide bonds. The van der Waals surface area contributed by atoms with Gasteiger partial charge in [0.1, 0.15) is 0 Å². The molecule has 0 radical (unpaired) electrons. The van der Waals surface area contributed by atoms with Gasteiger partial charge in [-0.25, -0.2) is 0 Å². The van der Waals surface area contributed by atoms with Crippen molar-refractivity contribution in [1.82, 2.24) is 0 Å². The SMILES string of the molecule is CCO[SiH](OCC)OCC.CO. The average Bonchev–Trinajstić information content (AvgIpc) is 2.10. The maximum Gasteiger partial charge on any atom is 0.484 e. The van der Waals surface area contributed by atoms with E-state index < -0.39 is 9.53 Å². The van der Waals surface area contributed by atoms with E-state index in [0.717, 1.165) is 7.11 Å². The zero-order valence-electron chi connectivity index (χ0n) is 8.37. The average molecular weight is 196 g/mol. The number of aliphatic hydroxyl groups excluding tert-OH is 1. The number of hydrogen-bond donors (Lipinski definition) is 1. The van der Waals surface area contributed by atoms with Gasteiger partial charge in [-0.05, 0) is 20.8 Å². The molecule has 5 heteroatoms. The summed E-state index contributed by atoms with van der Waals surface area (Å²) < 4.78 is 15.7. The Morgan fingerprint density at radius 2 is 1.08 bits per heavy atom. The lowest BCUT2D eigenvalue weighted by molar-refractivity contribution is 0.107. The Morgan fingerprint density at radius 1 is 0.833 bits per heavy atom. The molecule has 0 saturated carbocycles. The zero-order chi connectivity index (χ0) is 9.82. The van der Waals surface area contributed by atoms with Crippen molar-refractivity contribution in [3.8, 4) is 0 Å². The fourth-order valence-corrected chi connectivity index (χ4v) is 1.66. The van der Waals surface area contributed by atoms with Crippen LogP contribution in [0.3, 0.4) is 0 Å². The molecule has 12 heavy (non-hydrogen) atoms. The number of rotatable bonds is 6.